The van der Waals surface area contributed by atoms with Crippen molar-refractivity contribution in [2.24, 2.45) is 0 Å². The Bertz CT molecular complexity index is 485. The zero-order valence-electron chi connectivity index (χ0n) is 13.5. The second kappa shape index (κ2) is 8.63. The molecule has 0 radical (unpaired) electrons. The summed E-state index contributed by atoms with van der Waals surface area (Å²) in [5.74, 6) is 0.820. The summed E-state index contributed by atoms with van der Waals surface area (Å²) in [6.07, 6.45) is 4.64. The Morgan fingerprint density at radius 1 is 1.41 bits per heavy atom. The first-order chi connectivity index (χ1) is 10.7. The second-order valence-corrected chi connectivity index (χ2v) is 5.57. The maximum atomic E-state index is 11.9. The Morgan fingerprint density at radius 2 is 2.27 bits per heavy atom. The summed E-state index contributed by atoms with van der Waals surface area (Å²) in [6, 6.07) is 5.48. The fraction of sp³-hybridized carbons (Fsp3) is 0.588. The van der Waals surface area contributed by atoms with Crippen molar-refractivity contribution in [1.82, 2.24) is 5.32 Å². The Kier molecular flexibility index (Phi) is 6.52. The maximum Gasteiger partial charge on any atom is 0.319 e. The van der Waals surface area contributed by atoms with Gasteiger partial charge in [-0.3, -0.25) is 0 Å². The molecule has 0 saturated carbocycles. The van der Waals surface area contributed by atoms with Gasteiger partial charge >= 0.3 is 6.03 Å². The van der Waals surface area contributed by atoms with Crippen LogP contribution in [0.2, 0.25) is 0 Å². The number of nitrogens with one attached hydrogen (secondary N) is 2. The summed E-state index contributed by atoms with van der Waals surface area (Å²) >= 11 is 0. The van der Waals surface area contributed by atoms with Crippen molar-refractivity contribution in [2.75, 3.05) is 25.1 Å². The topological polar surface area (TPSA) is 59.6 Å². The van der Waals surface area contributed by atoms with E-state index >= 15 is 0 Å². The van der Waals surface area contributed by atoms with Gasteiger partial charge < -0.3 is 20.1 Å². The quantitative estimate of drug-likeness (QED) is 0.846. The first-order valence-electron chi connectivity index (χ1n) is 8.09. The third-order valence-electron chi connectivity index (χ3n) is 3.78. The van der Waals surface area contributed by atoms with E-state index in [1.807, 2.05) is 32.0 Å². The molecular weight excluding hydrogens is 280 g/mol. The normalized spacial score (nSPS) is 17.8. The first kappa shape index (κ1) is 16.6. The molecule has 1 atom stereocenters. The summed E-state index contributed by atoms with van der Waals surface area (Å²) in [6.45, 7) is 6.02. The van der Waals surface area contributed by atoms with Crippen molar-refractivity contribution in [1.29, 1.82) is 0 Å². The van der Waals surface area contributed by atoms with Gasteiger partial charge in [0.05, 0.1) is 12.7 Å². The molecule has 0 bridgehead atoms. The van der Waals surface area contributed by atoms with Gasteiger partial charge in [0.1, 0.15) is 5.75 Å². The highest BCUT2D eigenvalue weighted by Gasteiger charge is 2.13. The van der Waals surface area contributed by atoms with Crippen LogP contribution in [0.15, 0.2) is 18.2 Å². The van der Waals surface area contributed by atoms with E-state index in [2.05, 4.69) is 10.6 Å². The van der Waals surface area contributed by atoms with Crippen LogP contribution in [0, 0.1) is 6.92 Å². The SMILES string of the molecule is CCOc1ccc(NC(=O)NCCC2CCCCO2)c(C)c1. The van der Waals surface area contributed by atoms with Crippen LogP contribution in [-0.4, -0.2) is 31.9 Å². The molecule has 1 aromatic carbocycles. The van der Waals surface area contributed by atoms with E-state index in [4.69, 9.17) is 9.47 Å². The minimum Gasteiger partial charge on any atom is -0.494 e. The molecule has 1 fully saturated rings. The predicted molar refractivity (Wildman–Crippen MR) is 87.6 cm³/mol. The lowest BCUT2D eigenvalue weighted by atomic mass is 10.1. The predicted octanol–water partition coefficient (Wildman–Crippen LogP) is 3.47. The average molecular weight is 306 g/mol. The van der Waals surface area contributed by atoms with Crippen molar-refractivity contribution >= 4 is 11.7 Å². The van der Waals surface area contributed by atoms with Gasteiger partial charge in [0.2, 0.25) is 0 Å². The van der Waals surface area contributed by atoms with E-state index < -0.39 is 0 Å². The van der Waals surface area contributed by atoms with E-state index in [0.29, 0.717) is 19.3 Å². The van der Waals surface area contributed by atoms with Gasteiger partial charge in [-0.25, -0.2) is 4.79 Å². The van der Waals surface area contributed by atoms with E-state index in [1.54, 1.807) is 0 Å². The standard InChI is InChI=1S/C17H26N2O3/c1-3-21-15-7-8-16(13(2)12-15)19-17(20)18-10-9-14-6-4-5-11-22-14/h7-8,12,14H,3-6,9-11H2,1-2H3,(H2,18,19,20). The number of rotatable bonds is 6. The summed E-state index contributed by atoms with van der Waals surface area (Å²) in [4.78, 5) is 11.9. The molecule has 2 rings (SSSR count). The first-order valence-corrected chi connectivity index (χ1v) is 8.09. The average Bonchev–Trinajstić information content (AvgIpc) is 2.51. The van der Waals surface area contributed by atoms with Gasteiger partial charge in [0, 0.05) is 18.8 Å². The van der Waals surface area contributed by atoms with Crippen molar-refractivity contribution < 1.29 is 14.3 Å². The van der Waals surface area contributed by atoms with Crippen LogP contribution in [0.5, 0.6) is 5.75 Å². The second-order valence-electron chi connectivity index (χ2n) is 5.57. The van der Waals surface area contributed by atoms with Crippen LogP contribution in [0.4, 0.5) is 10.5 Å². The molecule has 1 unspecified atom stereocenters. The molecule has 2 amide bonds. The molecule has 1 aliphatic heterocycles. The van der Waals surface area contributed by atoms with Crippen LogP contribution in [-0.2, 0) is 4.74 Å². The molecule has 1 aliphatic rings. The Morgan fingerprint density at radius 3 is 2.95 bits per heavy atom. The van der Waals surface area contributed by atoms with Crippen LogP contribution < -0.4 is 15.4 Å². The lowest BCUT2D eigenvalue weighted by molar-refractivity contribution is 0.0120. The van der Waals surface area contributed by atoms with Crippen molar-refractivity contribution in [2.45, 2.75) is 45.6 Å². The number of benzene rings is 1. The van der Waals surface area contributed by atoms with Gasteiger partial charge in [-0.15, -0.1) is 0 Å². The lowest BCUT2D eigenvalue weighted by Gasteiger charge is -2.22. The molecule has 2 N–H and O–H groups in total. The molecule has 22 heavy (non-hydrogen) atoms. The number of amides is 2. The number of urea groups is 1. The Labute approximate surface area is 132 Å². The largest absolute Gasteiger partial charge is 0.494 e. The molecule has 1 heterocycles. The summed E-state index contributed by atoms with van der Waals surface area (Å²) in [7, 11) is 0. The molecule has 5 nitrogen and oxygen atoms in total. The van der Waals surface area contributed by atoms with E-state index in [0.717, 1.165) is 42.9 Å². The third-order valence-corrected chi connectivity index (χ3v) is 3.78. The van der Waals surface area contributed by atoms with Gasteiger partial charge in [0.25, 0.3) is 0 Å². The minimum atomic E-state index is -0.178. The van der Waals surface area contributed by atoms with Crippen molar-refractivity contribution in [3.05, 3.63) is 23.8 Å². The monoisotopic (exact) mass is 306 g/mol. The number of hydrogen-bond acceptors (Lipinski definition) is 3. The lowest BCUT2D eigenvalue weighted by Crippen LogP contribution is -2.32. The van der Waals surface area contributed by atoms with Gasteiger partial charge in [-0.1, -0.05) is 0 Å². The van der Waals surface area contributed by atoms with Gasteiger partial charge in [-0.2, -0.15) is 0 Å². The number of carbonyl (C=O) groups is 1. The molecule has 122 valence electrons. The number of aryl methyl sites for hydroxylation is 1. The molecule has 5 heteroatoms. The highest BCUT2D eigenvalue weighted by molar-refractivity contribution is 5.90. The van der Waals surface area contributed by atoms with Crippen molar-refractivity contribution in [3.8, 4) is 5.75 Å². The molecule has 1 aromatic rings. The molecule has 0 aliphatic carbocycles. The highest BCUT2D eigenvalue weighted by Crippen LogP contribution is 2.21. The Hall–Kier alpha value is -1.75. The maximum absolute atomic E-state index is 11.9. The van der Waals surface area contributed by atoms with E-state index in [1.165, 1.54) is 6.42 Å². The van der Waals surface area contributed by atoms with Gasteiger partial charge in [0.15, 0.2) is 0 Å². The zero-order chi connectivity index (χ0) is 15.8. The van der Waals surface area contributed by atoms with E-state index in [9.17, 15) is 4.79 Å². The fourth-order valence-corrected chi connectivity index (χ4v) is 2.58. The van der Waals surface area contributed by atoms with Crippen LogP contribution in [0.25, 0.3) is 0 Å². The Balaban J connectivity index is 1.74. The van der Waals surface area contributed by atoms with Crippen molar-refractivity contribution in [3.63, 3.8) is 0 Å². The van der Waals surface area contributed by atoms with Crippen LogP contribution in [0.3, 0.4) is 0 Å². The number of ether oxygens (including phenoxy) is 2. The molecule has 0 aromatic heterocycles. The zero-order valence-corrected chi connectivity index (χ0v) is 13.5. The molecule has 1 saturated heterocycles. The molecule has 0 spiro atoms. The summed E-state index contributed by atoms with van der Waals surface area (Å²) < 4.78 is 11.1. The number of hydrogen-bond donors (Lipinski definition) is 2. The highest BCUT2D eigenvalue weighted by atomic mass is 16.5. The summed E-state index contributed by atoms with van der Waals surface area (Å²) in [5, 5.41) is 5.75. The third kappa shape index (κ3) is 5.22. The fourth-order valence-electron chi connectivity index (χ4n) is 2.58. The number of anilines is 1. The van der Waals surface area contributed by atoms with Gasteiger partial charge in [-0.05, 0) is 63.3 Å². The minimum absolute atomic E-state index is 0.178. The smallest absolute Gasteiger partial charge is 0.319 e. The number of carbonyl (C=O) groups excluding carboxylic acids is 1. The van der Waals surface area contributed by atoms with Crippen LogP contribution in [0.1, 0.15) is 38.2 Å². The van der Waals surface area contributed by atoms with E-state index in [-0.39, 0.29) is 6.03 Å². The molecular formula is C17H26N2O3. The van der Waals surface area contributed by atoms with Crippen LogP contribution >= 0.6 is 0 Å². The summed E-state index contributed by atoms with van der Waals surface area (Å²) in [5.41, 5.74) is 1.78.